The summed E-state index contributed by atoms with van der Waals surface area (Å²) in [5.74, 6) is 1.89. The van der Waals surface area contributed by atoms with Crippen LogP contribution in [0.2, 0.25) is 0 Å². The molecule has 0 atom stereocenters. The van der Waals surface area contributed by atoms with Gasteiger partial charge < -0.3 is 10.1 Å². The van der Waals surface area contributed by atoms with Gasteiger partial charge in [-0.2, -0.15) is 0 Å². The molecule has 3 heterocycles. The Bertz CT molecular complexity index is 485. The first-order valence-electron chi connectivity index (χ1n) is 6.58. The third kappa shape index (κ3) is 3.06. The Morgan fingerprint density at radius 1 is 1.47 bits per heavy atom. The quantitative estimate of drug-likeness (QED) is 0.889. The van der Waals surface area contributed by atoms with Gasteiger partial charge in [0.15, 0.2) is 5.17 Å². The van der Waals surface area contributed by atoms with Crippen molar-refractivity contribution < 1.29 is 4.74 Å². The summed E-state index contributed by atoms with van der Waals surface area (Å²) in [6, 6.07) is 1.92. The lowest BCUT2D eigenvalue weighted by Crippen LogP contribution is -2.48. The van der Waals surface area contributed by atoms with E-state index >= 15 is 0 Å². The molecule has 1 aromatic heterocycles. The monoisotopic (exact) mass is 278 g/mol. The SMILES string of the molecule is Cc1nccc(CN=C2NC3(CCOCC3)CS2)n1. The van der Waals surface area contributed by atoms with Crippen LogP contribution >= 0.6 is 11.8 Å². The maximum Gasteiger partial charge on any atom is 0.157 e. The fraction of sp³-hybridized carbons (Fsp3) is 0.615. The Balaban J connectivity index is 1.62. The molecule has 1 aromatic rings. The zero-order valence-electron chi connectivity index (χ0n) is 11.1. The number of aliphatic imine (C=N–C) groups is 1. The van der Waals surface area contributed by atoms with E-state index in [1.807, 2.05) is 24.8 Å². The van der Waals surface area contributed by atoms with Crippen LogP contribution in [0.25, 0.3) is 0 Å². The van der Waals surface area contributed by atoms with E-state index in [2.05, 4.69) is 20.3 Å². The largest absolute Gasteiger partial charge is 0.381 e. The first-order valence-corrected chi connectivity index (χ1v) is 7.56. The minimum atomic E-state index is 0.212. The van der Waals surface area contributed by atoms with Crippen molar-refractivity contribution in [2.75, 3.05) is 19.0 Å². The van der Waals surface area contributed by atoms with E-state index in [9.17, 15) is 0 Å². The van der Waals surface area contributed by atoms with E-state index in [1.165, 1.54) is 0 Å². The van der Waals surface area contributed by atoms with Crippen molar-refractivity contribution >= 4 is 16.9 Å². The second-order valence-corrected chi connectivity index (χ2v) is 5.99. The molecule has 2 saturated heterocycles. The molecule has 1 spiro atoms. The van der Waals surface area contributed by atoms with Crippen LogP contribution < -0.4 is 5.32 Å². The highest BCUT2D eigenvalue weighted by atomic mass is 32.2. The molecule has 5 nitrogen and oxygen atoms in total. The summed E-state index contributed by atoms with van der Waals surface area (Å²) in [4.78, 5) is 13.1. The molecule has 102 valence electrons. The molecule has 1 N–H and O–H groups in total. The Morgan fingerprint density at radius 3 is 3.11 bits per heavy atom. The fourth-order valence-corrected chi connectivity index (χ4v) is 3.59. The standard InChI is InChI=1S/C13H18N4OS/c1-10-14-5-2-11(16-10)8-15-12-17-13(9-19-12)3-6-18-7-4-13/h2,5H,3-4,6-9H2,1H3,(H,15,17). The Morgan fingerprint density at radius 2 is 2.32 bits per heavy atom. The lowest BCUT2D eigenvalue weighted by Gasteiger charge is -2.32. The summed E-state index contributed by atoms with van der Waals surface area (Å²) >= 11 is 1.81. The van der Waals surface area contributed by atoms with Gasteiger partial charge in [0.25, 0.3) is 0 Å². The maximum absolute atomic E-state index is 5.43. The minimum Gasteiger partial charge on any atom is -0.381 e. The Labute approximate surface area is 117 Å². The van der Waals surface area contributed by atoms with Crippen LogP contribution in [0.5, 0.6) is 0 Å². The molecule has 0 aliphatic carbocycles. The number of aromatic nitrogens is 2. The van der Waals surface area contributed by atoms with Crippen LogP contribution in [-0.4, -0.2) is 39.6 Å². The van der Waals surface area contributed by atoms with Crippen molar-refractivity contribution in [3.63, 3.8) is 0 Å². The van der Waals surface area contributed by atoms with Gasteiger partial charge in [-0.15, -0.1) is 0 Å². The topological polar surface area (TPSA) is 59.4 Å². The molecule has 0 unspecified atom stereocenters. The van der Waals surface area contributed by atoms with E-state index in [1.54, 1.807) is 6.20 Å². The number of nitrogens with one attached hydrogen (secondary N) is 1. The maximum atomic E-state index is 5.43. The first kappa shape index (κ1) is 12.9. The third-order valence-corrected chi connectivity index (χ3v) is 4.73. The van der Waals surface area contributed by atoms with E-state index in [-0.39, 0.29) is 5.54 Å². The molecule has 0 amide bonds. The molecular weight excluding hydrogens is 260 g/mol. The zero-order valence-corrected chi connectivity index (χ0v) is 11.9. The minimum absolute atomic E-state index is 0.212. The van der Waals surface area contributed by atoms with E-state index in [0.717, 1.165) is 48.5 Å². The molecule has 19 heavy (non-hydrogen) atoms. The summed E-state index contributed by atoms with van der Waals surface area (Å²) in [6.07, 6.45) is 3.93. The van der Waals surface area contributed by atoms with Gasteiger partial charge in [-0.05, 0) is 25.8 Å². The second kappa shape index (κ2) is 5.46. The number of hydrogen-bond acceptors (Lipinski definition) is 5. The van der Waals surface area contributed by atoms with E-state index in [0.29, 0.717) is 6.54 Å². The highest BCUT2D eigenvalue weighted by Crippen LogP contribution is 2.31. The van der Waals surface area contributed by atoms with Crippen LogP contribution in [-0.2, 0) is 11.3 Å². The van der Waals surface area contributed by atoms with Crippen molar-refractivity contribution in [1.82, 2.24) is 15.3 Å². The Hall–Kier alpha value is -1.14. The van der Waals surface area contributed by atoms with Crippen molar-refractivity contribution in [2.45, 2.75) is 31.8 Å². The number of nitrogens with zero attached hydrogens (tertiary/aromatic N) is 3. The normalized spacial score (nSPS) is 23.7. The third-order valence-electron chi connectivity index (χ3n) is 3.53. The molecule has 0 aromatic carbocycles. The van der Waals surface area contributed by atoms with Crippen LogP contribution in [0.15, 0.2) is 17.3 Å². The summed E-state index contributed by atoms with van der Waals surface area (Å²) in [7, 11) is 0. The smallest absolute Gasteiger partial charge is 0.157 e. The molecule has 2 aliphatic rings. The lowest BCUT2D eigenvalue weighted by molar-refractivity contribution is 0.0555. The second-order valence-electron chi connectivity index (χ2n) is 5.02. The van der Waals surface area contributed by atoms with Gasteiger partial charge in [0, 0.05) is 25.2 Å². The molecule has 3 rings (SSSR count). The molecule has 0 radical (unpaired) electrons. The van der Waals surface area contributed by atoms with Gasteiger partial charge in [-0.1, -0.05) is 11.8 Å². The molecule has 0 saturated carbocycles. The van der Waals surface area contributed by atoms with Gasteiger partial charge in [0.1, 0.15) is 5.82 Å². The summed E-state index contributed by atoms with van der Waals surface area (Å²) < 4.78 is 5.43. The van der Waals surface area contributed by atoms with Gasteiger partial charge in [-0.25, -0.2) is 9.97 Å². The van der Waals surface area contributed by atoms with E-state index in [4.69, 9.17) is 4.74 Å². The average Bonchev–Trinajstić information content (AvgIpc) is 2.80. The molecule has 2 aliphatic heterocycles. The van der Waals surface area contributed by atoms with Gasteiger partial charge in [-0.3, -0.25) is 4.99 Å². The number of rotatable bonds is 2. The number of thioether (sulfide) groups is 1. The van der Waals surface area contributed by atoms with Crippen LogP contribution in [0.4, 0.5) is 0 Å². The fourth-order valence-electron chi connectivity index (χ4n) is 2.37. The van der Waals surface area contributed by atoms with Crippen molar-refractivity contribution in [2.24, 2.45) is 4.99 Å². The van der Waals surface area contributed by atoms with Crippen LogP contribution in [0.3, 0.4) is 0 Å². The van der Waals surface area contributed by atoms with Crippen LogP contribution in [0, 0.1) is 6.92 Å². The number of hydrogen-bond donors (Lipinski definition) is 1. The average molecular weight is 278 g/mol. The summed E-state index contributed by atoms with van der Waals surface area (Å²) in [5.41, 5.74) is 1.18. The lowest BCUT2D eigenvalue weighted by atomic mass is 9.93. The molecular formula is C13H18N4OS. The molecule has 6 heteroatoms. The predicted octanol–water partition coefficient (Wildman–Crippen LogP) is 1.53. The van der Waals surface area contributed by atoms with Gasteiger partial charge in [0.2, 0.25) is 0 Å². The summed E-state index contributed by atoms with van der Waals surface area (Å²) in [5, 5.41) is 4.62. The molecule has 0 bridgehead atoms. The van der Waals surface area contributed by atoms with E-state index < -0.39 is 0 Å². The number of ether oxygens (including phenoxy) is 1. The van der Waals surface area contributed by atoms with Gasteiger partial charge in [0.05, 0.1) is 17.8 Å². The molecule has 2 fully saturated rings. The highest BCUT2D eigenvalue weighted by Gasteiger charge is 2.38. The number of amidine groups is 1. The highest BCUT2D eigenvalue weighted by molar-refractivity contribution is 8.14. The first-order chi connectivity index (χ1) is 9.26. The number of aryl methyl sites for hydroxylation is 1. The van der Waals surface area contributed by atoms with Gasteiger partial charge >= 0.3 is 0 Å². The Kier molecular flexibility index (Phi) is 3.70. The van der Waals surface area contributed by atoms with Crippen LogP contribution in [0.1, 0.15) is 24.4 Å². The predicted molar refractivity (Wildman–Crippen MR) is 76.3 cm³/mol. The van der Waals surface area contributed by atoms with Crippen molar-refractivity contribution in [3.8, 4) is 0 Å². The zero-order chi connectivity index (χ0) is 13.1. The summed E-state index contributed by atoms with van der Waals surface area (Å²) in [6.45, 7) is 4.22. The van der Waals surface area contributed by atoms with Crippen molar-refractivity contribution in [1.29, 1.82) is 0 Å². The van der Waals surface area contributed by atoms with Crippen molar-refractivity contribution in [3.05, 3.63) is 23.8 Å².